The molecule has 0 spiro atoms. The van der Waals surface area contributed by atoms with Crippen molar-refractivity contribution >= 4 is 0 Å². The minimum Gasteiger partial charge on any atom is -0.303 e. The Morgan fingerprint density at radius 1 is 0.952 bits per heavy atom. The Morgan fingerprint density at radius 2 is 1.67 bits per heavy atom. The molecular formula is C17H18N4. The van der Waals surface area contributed by atoms with Gasteiger partial charge in [0.15, 0.2) is 0 Å². The zero-order valence-corrected chi connectivity index (χ0v) is 11.7. The number of nitrogens with one attached hydrogen (secondary N) is 2. The minimum atomic E-state index is 0.249. The summed E-state index contributed by atoms with van der Waals surface area (Å²) in [5, 5.41) is 10.3. The normalized spacial score (nSPS) is 12.2. The number of aromatic amines is 1. The predicted molar refractivity (Wildman–Crippen MR) is 82.6 cm³/mol. The molecule has 0 amide bonds. The molecule has 2 aromatic carbocycles. The quantitative estimate of drug-likeness (QED) is 0.729. The SMILES string of the molecule is c1ccc(CC(NCc2ncn[nH]2)c2ccccc2)cc1. The van der Waals surface area contributed by atoms with Gasteiger partial charge in [0, 0.05) is 6.04 Å². The largest absolute Gasteiger partial charge is 0.303 e. The van der Waals surface area contributed by atoms with Gasteiger partial charge in [-0.25, -0.2) is 4.98 Å². The number of H-pyrrole nitrogens is 1. The molecule has 1 atom stereocenters. The van der Waals surface area contributed by atoms with Crippen molar-refractivity contribution in [2.24, 2.45) is 0 Å². The topological polar surface area (TPSA) is 53.6 Å². The maximum absolute atomic E-state index is 4.16. The summed E-state index contributed by atoms with van der Waals surface area (Å²) < 4.78 is 0. The number of hydrogen-bond acceptors (Lipinski definition) is 3. The van der Waals surface area contributed by atoms with E-state index in [1.807, 2.05) is 12.1 Å². The number of benzene rings is 2. The number of aromatic nitrogens is 3. The van der Waals surface area contributed by atoms with E-state index in [4.69, 9.17) is 0 Å². The second kappa shape index (κ2) is 6.81. The molecule has 0 bridgehead atoms. The molecule has 1 heterocycles. The van der Waals surface area contributed by atoms with Crippen LogP contribution in [0.1, 0.15) is 23.0 Å². The van der Waals surface area contributed by atoms with Gasteiger partial charge in [-0.3, -0.25) is 5.10 Å². The summed E-state index contributed by atoms with van der Waals surface area (Å²) in [6, 6.07) is 21.3. The smallest absolute Gasteiger partial charge is 0.138 e. The number of hydrogen-bond donors (Lipinski definition) is 2. The zero-order chi connectivity index (χ0) is 14.3. The lowest BCUT2D eigenvalue weighted by Gasteiger charge is -2.19. The van der Waals surface area contributed by atoms with E-state index in [1.165, 1.54) is 17.5 Å². The number of rotatable bonds is 6. The Balaban J connectivity index is 1.74. The highest BCUT2D eigenvalue weighted by Gasteiger charge is 2.12. The molecule has 4 heteroatoms. The predicted octanol–water partition coefficient (Wildman–Crippen LogP) is 2.88. The van der Waals surface area contributed by atoms with Gasteiger partial charge < -0.3 is 5.32 Å². The van der Waals surface area contributed by atoms with Crippen LogP contribution in [0.3, 0.4) is 0 Å². The first kappa shape index (κ1) is 13.5. The van der Waals surface area contributed by atoms with Crippen molar-refractivity contribution in [2.45, 2.75) is 19.0 Å². The minimum absolute atomic E-state index is 0.249. The molecule has 0 radical (unpaired) electrons. The first-order valence-electron chi connectivity index (χ1n) is 7.08. The molecule has 0 fully saturated rings. The first-order chi connectivity index (χ1) is 10.4. The van der Waals surface area contributed by atoms with Gasteiger partial charge in [-0.2, -0.15) is 5.10 Å². The van der Waals surface area contributed by atoms with Gasteiger partial charge in [-0.1, -0.05) is 60.7 Å². The Labute approximate surface area is 124 Å². The van der Waals surface area contributed by atoms with E-state index in [2.05, 4.69) is 69.0 Å². The second-order valence-electron chi connectivity index (χ2n) is 4.97. The van der Waals surface area contributed by atoms with Gasteiger partial charge >= 0.3 is 0 Å². The van der Waals surface area contributed by atoms with Crippen LogP contribution < -0.4 is 5.32 Å². The summed E-state index contributed by atoms with van der Waals surface area (Å²) in [5.74, 6) is 0.851. The van der Waals surface area contributed by atoms with Crippen molar-refractivity contribution in [3.05, 3.63) is 83.9 Å². The van der Waals surface area contributed by atoms with E-state index >= 15 is 0 Å². The van der Waals surface area contributed by atoms with Crippen molar-refractivity contribution in [1.82, 2.24) is 20.5 Å². The zero-order valence-electron chi connectivity index (χ0n) is 11.7. The van der Waals surface area contributed by atoms with E-state index in [0.29, 0.717) is 6.54 Å². The van der Waals surface area contributed by atoms with Crippen molar-refractivity contribution in [2.75, 3.05) is 0 Å². The molecule has 1 unspecified atom stereocenters. The molecule has 3 rings (SSSR count). The lowest BCUT2D eigenvalue weighted by atomic mass is 9.99. The van der Waals surface area contributed by atoms with Gasteiger partial charge in [-0.05, 0) is 17.5 Å². The highest BCUT2D eigenvalue weighted by Crippen LogP contribution is 2.18. The standard InChI is InChI=1S/C17H18N4/c1-3-7-14(8-4-1)11-16(15-9-5-2-6-10-15)18-12-17-19-13-20-21-17/h1-10,13,16,18H,11-12H2,(H,19,20,21). The summed E-state index contributed by atoms with van der Waals surface area (Å²) in [6.07, 6.45) is 2.48. The van der Waals surface area contributed by atoms with Crippen LogP contribution in [0.4, 0.5) is 0 Å². The Bertz CT molecular complexity index is 635. The summed E-state index contributed by atoms with van der Waals surface area (Å²) in [7, 11) is 0. The van der Waals surface area contributed by atoms with Crippen LogP contribution in [0.25, 0.3) is 0 Å². The maximum atomic E-state index is 4.16. The van der Waals surface area contributed by atoms with Crippen molar-refractivity contribution in [3.8, 4) is 0 Å². The van der Waals surface area contributed by atoms with Gasteiger partial charge in [0.05, 0.1) is 6.54 Å². The Hall–Kier alpha value is -2.46. The molecule has 0 saturated carbocycles. The molecule has 21 heavy (non-hydrogen) atoms. The Morgan fingerprint density at radius 3 is 2.33 bits per heavy atom. The van der Waals surface area contributed by atoms with Gasteiger partial charge in [0.25, 0.3) is 0 Å². The summed E-state index contributed by atoms with van der Waals surface area (Å²) in [4.78, 5) is 4.16. The summed E-state index contributed by atoms with van der Waals surface area (Å²) in [5.41, 5.74) is 2.59. The van der Waals surface area contributed by atoms with Crippen molar-refractivity contribution in [3.63, 3.8) is 0 Å². The molecule has 2 N–H and O–H groups in total. The third-order valence-corrected chi connectivity index (χ3v) is 3.47. The lowest BCUT2D eigenvalue weighted by molar-refractivity contribution is 0.520. The van der Waals surface area contributed by atoms with Gasteiger partial charge in [0.1, 0.15) is 12.2 Å². The molecule has 0 aliphatic rings. The fourth-order valence-corrected chi connectivity index (χ4v) is 2.38. The molecule has 3 aromatic rings. The molecule has 106 valence electrons. The van der Waals surface area contributed by atoms with E-state index in [-0.39, 0.29) is 6.04 Å². The highest BCUT2D eigenvalue weighted by molar-refractivity contribution is 5.23. The van der Waals surface area contributed by atoms with Crippen molar-refractivity contribution in [1.29, 1.82) is 0 Å². The average Bonchev–Trinajstić information content (AvgIpc) is 3.07. The van der Waals surface area contributed by atoms with Gasteiger partial charge in [-0.15, -0.1) is 0 Å². The third-order valence-electron chi connectivity index (χ3n) is 3.47. The lowest BCUT2D eigenvalue weighted by Crippen LogP contribution is -2.23. The number of nitrogens with zero attached hydrogens (tertiary/aromatic N) is 2. The van der Waals surface area contributed by atoms with Crippen LogP contribution in [0.5, 0.6) is 0 Å². The summed E-state index contributed by atoms with van der Waals surface area (Å²) >= 11 is 0. The van der Waals surface area contributed by atoms with Crippen LogP contribution in [0.15, 0.2) is 67.0 Å². The highest BCUT2D eigenvalue weighted by atomic mass is 15.2. The molecule has 0 aliphatic heterocycles. The third kappa shape index (κ3) is 3.77. The second-order valence-corrected chi connectivity index (χ2v) is 4.97. The molecular weight excluding hydrogens is 260 g/mol. The van der Waals surface area contributed by atoms with E-state index < -0.39 is 0 Å². The van der Waals surface area contributed by atoms with E-state index in [1.54, 1.807) is 0 Å². The molecule has 0 aliphatic carbocycles. The van der Waals surface area contributed by atoms with E-state index in [0.717, 1.165) is 12.2 Å². The van der Waals surface area contributed by atoms with Crippen LogP contribution in [-0.4, -0.2) is 15.2 Å². The van der Waals surface area contributed by atoms with Crippen LogP contribution in [-0.2, 0) is 13.0 Å². The van der Waals surface area contributed by atoms with Gasteiger partial charge in [0.2, 0.25) is 0 Å². The maximum Gasteiger partial charge on any atom is 0.138 e. The molecule has 0 saturated heterocycles. The first-order valence-corrected chi connectivity index (χ1v) is 7.08. The molecule has 1 aromatic heterocycles. The van der Waals surface area contributed by atoms with Crippen LogP contribution in [0, 0.1) is 0 Å². The molecule has 4 nitrogen and oxygen atoms in total. The average molecular weight is 278 g/mol. The monoisotopic (exact) mass is 278 g/mol. The van der Waals surface area contributed by atoms with Crippen molar-refractivity contribution < 1.29 is 0 Å². The fourth-order valence-electron chi connectivity index (χ4n) is 2.38. The van der Waals surface area contributed by atoms with Crippen LogP contribution >= 0.6 is 0 Å². The van der Waals surface area contributed by atoms with Crippen LogP contribution in [0.2, 0.25) is 0 Å². The summed E-state index contributed by atoms with van der Waals surface area (Å²) in [6.45, 7) is 0.673. The Kier molecular flexibility index (Phi) is 4.39. The fraction of sp³-hybridized carbons (Fsp3) is 0.176. The van der Waals surface area contributed by atoms with E-state index in [9.17, 15) is 0 Å².